The Balaban J connectivity index is 1.79. The average Bonchev–Trinajstić information content (AvgIpc) is 2.48. The minimum Gasteiger partial charge on any atom is -0.398 e. The zero-order chi connectivity index (χ0) is 13.1. The highest BCUT2D eigenvalue weighted by Crippen LogP contribution is 2.28. The van der Waals surface area contributed by atoms with Gasteiger partial charge in [-0.25, -0.2) is 0 Å². The summed E-state index contributed by atoms with van der Waals surface area (Å²) in [7, 11) is 0. The van der Waals surface area contributed by atoms with E-state index >= 15 is 0 Å². The average molecular weight is 255 g/mol. The molecule has 2 aromatic rings. The second-order valence-corrected chi connectivity index (χ2v) is 5.49. The molecule has 3 heteroatoms. The number of hydrogen-bond donors (Lipinski definition) is 2. The molecule has 1 aromatic heterocycles. The summed E-state index contributed by atoms with van der Waals surface area (Å²) in [6.07, 6.45) is 8.71. The van der Waals surface area contributed by atoms with Crippen LogP contribution < -0.4 is 11.1 Å². The van der Waals surface area contributed by atoms with Crippen LogP contribution in [-0.4, -0.2) is 11.5 Å². The number of pyridine rings is 1. The molecule has 1 heterocycles. The molecule has 1 aliphatic rings. The molecule has 0 radical (unpaired) electrons. The number of fused-ring (bicyclic) bond motifs is 1. The van der Waals surface area contributed by atoms with E-state index in [1.165, 1.54) is 32.1 Å². The Kier molecular flexibility index (Phi) is 3.53. The molecule has 0 amide bonds. The van der Waals surface area contributed by atoms with Crippen molar-refractivity contribution < 1.29 is 0 Å². The van der Waals surface area contributed by atoms with Gasteiger partial charge in [0.15, 0.2) is 0 Å². The molecule has 19 heavy (non-hydrogen) atoms. The molecule has 0 aliphatic heterocycles. The van der Waals surface area contributed by atoms with E-state index in [-0.39, 0.29) is 0 Å². The number of rotatable bonds is 3. The quantitative estimate of drug-likeness (QED) is 0.820. The van der Waals surface area contributed by atoms with Crippen LogP contribution >= 0.6 is 0 Å². The van der Waals surface area contributed by atoms with E-state index in [2.05, 4.69) is 10.3 Å². The van der Waals surface area contributed by atoms with Crippen molar-refractivity contribution in [3.63, 3.8) is 0 Å². The summed E-state index contributed by atoms with van der Waals surface area (Å²) < 4.78 is 0. The predicted octanol–water partition coefficient (Wildman–Crippen LogP) is 3.81. The number of nitrogen functional groups attached to an aromatic ring is 1. The second kappa shape index (κ2) is 5.47. The Labute approximate surface area is 114 Å². The van der Waals surface area contributed by atoms with Gasteiger partial charge >= 0.3 is 0 Å². The Bertz CT molecular complexity index is 559. The number of hydrogen-bond acceptors (Lipinski definition) is 3. The van der Waals surface area contributed by atoms with Gasteiger partial charge in [0.1, 0.15) is 0 Å². The van der Waals surface area contributed by atoms with E-state index in [0.29, 0.717) is 0 Å². The van der Waals surface area contributed by atoms with Crippen LogP contribution in [0.15, 0.2) is 30.5 Å². The van der Waals surface area contributed by atoms with Gasteiger partial charge < -0.3 is 11.1 Å². The number of benzene rings is 1. The van der Waals surface area contributed by atoms with Crippen molar-refractivity contribution in [2.75, 3.05) is 17.6 Å². The van der Waals surface area contributed by atoms with E-state index in [1.807, 2.05) is 30.5 Å². The maximum Gasteiger partial charge on any atom is 0.0953 e. The fraction of sp³-hybridized carbons (Fsp3) is 0.438. The lowest BCUT2D eigenvalue weighted by molar-refractivity contribution is 0.373. The van der Waals surface area contributed by atoms with Crippen LogP contribution in [0.25, 0.3) is 10.9 Å². The smallest absolute Gasteiger partial charge is 0.0953 e. The largest absolute Gasteiger partial charge is 0.398 e. The van der Waals surface area contributed by atoms with Gasteiger partial charge in [-0.15, -0.1) is 0 Å². The first-order valence-electron chi connectivity index (χ1n) is 7.21. The van der Waals surface area contributed by atoms with Crippen LogP contribution in [0.2, 0.25) is 0 Å². The first-order chi connectivity index (χ1) is 9.34. The SMILES string of the molecule is Nc1ccc(NCC2CCCCC2)c2ncccc12. The number of aromatic nitrogens is 1. The fourth-order valence-corrected chi connectivity index (χ4v) is 2.98. The molecule has 3 rings (SSSR count). The van der Waals surface area contributed by atoms with E-state index in [9.17, 15) is 0 Å². The molecule has 1 aliphatic carbocycles. The molecule has 3 N–H and O–H groups in total. The first-order valence-corrected chi connectivity index (χ1v) is 7.21. The molecule has 0 spiro atoms. The normalized spacial score (nSPS) is 16.6. The van der Waals surface area contributed by atoms with Crippen molar-refractivity contribution in [3.05, 3.63) is 30.5 Å². The summed E-state index contributed by atoms with van der Waals surface area (Å²) in [6.45, 7) is 1.05. The third-order valence-corrected chi connectivity index (χ3v) is 4.11. The van der Waals surface area contributed by atoms with E-state index in [1.54, 1.807) is 0 Å². The van der Waals surface area contributed by atoms with E-state index in [4.69, 9.17) is 5.73 Å². The van der Waals surface area contributed by atoms with Crippen LogP contribution in [0.4, 0.5) is 11.4 Å². The Hall–Kier alpha value is -1.77. The summed E-state index contributed by atoms with van der Waals surface area (Å²) in [5.41, 5.74) is 8.89. The zero-order valence-electron chi connectivity index (χ0n) is 11.2. The molecule has 1 saturated carbocycles. The topological polar surface area (TPSA) is 50.9 Å². The minimum atomic E-state index is 0.798. The number of nitrogens with zero attached hydrogens (tertiary/aromatic N) is 1. The molecule has 0 bridgehead atoms. The van der Waals surface area contributed by atoms with Gasteiger partial charge in [0, 0.05) is 23.8 Å². The summed E-state index contributed by atoms with van der Waals surface area (Å²) in [4.78, 5) is 4.46. The van der Waals surface area contributed by atoms with E-state index in [0.717, 1.165) is 34.7 Å². The van der Waals surface area contributed by atoms with Gasteiger partial charge in [0.25, 0.3) is 0 Å². The number of nitrogens with two attached hydrogens (primary N) is 1. The van der Waals surface area contributed by atoms with Crippen molar-refractivity contribution in [1.82, 2.24) is 4.98 Å². The summed E-state index contributed by atoms with van der Waals surface area (Å²) in [5.74, 6) is 0.810. The van der Waals surface area contributed by atoms with Gasteiger partial charge in [0.2, 0.25) is 0 Å². The van der Waals surface area contributed by atoms with Crippen LogP contribution in [0, 0.1) is 5.92 Å². The standard InChI is InChI=1S/C16H21N3/c17-14-8-9-15(16-13(14)7-4-10-18-16)19-11-12-5-2-1-3-6-12/h4,7-10,12,19H,1-3,5-6,11,17H2. The van der Waals surface area contributed by atoms with Crippen LogP contribution in [-0.2, 0) is 0 Å². The Morgan fingerprint density at radius 1 is 1.16 bits per heavy atom. The van der Waals surface area contributed by atoms with Crippen molar-refractivity contribution in [3.8, 4) is 0 Å². The second-order valence-electron chi connectivity index (χ2n) is 5.49. The van der Waals surface area contributed by atoms with Crippen LogP contribution in [0.3, 0.4) is 0 Å². The summed E-state index contributed by atoms with van der Waals surface area (Å²) >= 11 is 0. The lowest BCUT2D eigenvalue weighted by atomic mass is 9.89. The zero-order valence-corrected chi connectivity index (χ0v) is 11.2. The lowest BCUT2D eigenvalue weighted by Gasteiger charge is -2.22. The maximum absolute atomic E-state index is 6.00. The molecule has 1 fully saturated rings. The lowest BCUT2D eigenvalue weighted by Crippen LogP contribution is -2.17. The van der Waals surface area contributed by atoms with E-state index < -0.39 is 0 Å². The molecule has 0 unspecified atom stereocenters. The van der Waals surface area contributed by atoms with Gasteiger partial charge in [-0.1, -0.05) is 19.3 Å². The van der Waals surface area contributed by atoms with Crippen molar-refractivity contribution in [1.29, 1.82) is 0 Å². The molecular formula is C16H21N3. The molecule has 100 valence electrons. The highest BCUT2D eigenvalue weighted by molar-refractivity contribution is 5.98. The Morgan fingerprint density at radius 2 is 2.00 bits per heavy atom. The summed E-state index contributed by atoms with van der Waals surface area (Å²) in [5, 5.41) is 4.60. The third-order valence-electron chi connectivity index (χ3n) is 4.11. The summed E-state index contributed by atoms with van der Waals surface area (Å²) in [6, 6.07) is 7.98. The molecule has 0 atom stereocenters. The van der Waals surface area contributed by atoms with Crippen LogP contribution in [0.5, 0.6) is 0 Å². The number of nitrogens with one attached hydrogen (secondary N) is 1. The van der Waals surface area contributed by atoms with Crippen molar-refractivity contribution in [2.24, 2.45) is 5.92 Å². The molecule has 0 saturated heterocycles. The molecular weight excluding hydrogens is 234 g/mol. The van der Waals surface area contributed by atoms with Crippen molar-refractivity contribution >= 4 is 22.3 Å². The van der Waals surface area contributed by atoms with Crippen LogP contribution in [0.1, 0.15) is 32.1 Å². The highest BCUT2D eigenvalue weighted by Gasteiger charge is 2.13. The van der Waals surface area contributed by atoms with Gasteiger partial charge in [-0.05, 0) is 43.0 Å². The monoisotopic (exact) mass is 255 g/mol. The maximum atomic E-state index is 6.00. The van der Waals surface area contributed by atoms with Gasteiger partial charge in [0.05, 0.1) is 11.2 Å². The van der Waals surface area contributed by atoms with Gasteiger partial charge in [-0.3, -0.25) is 4.98 Å². The predicted molar refractivity (Wildman–Crippen MR) is 81.2 cm³/mol. The fourth-order valence-electron chi connectivity index (χ4n) is 2.98. The highest BCUT2D eigenvalue weighted by atomic mass is 14.9. The van der Waals surface area contributed by atoms with Crippen molar-refractivity contribution in [2.45, 2.75) is 32.1 Å². The Morgan fingerprint density at radius 3 is 2.84 bits per heavy atom. The molecule has 3 nitrogen and oxygen atoms in total. The minimum absolute atomic E-state index is 0.798. The number of anilines is 2. The third kappa shape index (κ3) is 2.65. The first kappa shape index (κ1) is 12.3. The molecule has 1 aromatic carbocycles. The van der Waals surface area contributed by atoms with Gasteiger partial charge in [-0.2, -0.15) is 0 Å².